The van der Waals surface area contributed by atoms with Crippen molar-refractivity contribution in [1.82, 2.24) is 0 Å². The molecule has 0 atom stereocenters. The van der Waals surface area contributed by atoms with Crippen molar-refractivity contribution >= 4 is 24.8 Å². The summed E-state index contributed by atoms with van der Waals surface area (Å²) in [5.41, 5.74) is 0. The van der Waals surface area contributed by atoms with Crippen LogP contribution in [-0.2, 0) is 14.2 Å². The maximum atomic E-state index is 14.0. The maximum Gasteiger partial charge on any atom is 0.463 e. The van der Waals surface area contributed by atoms with Gasteiger partial charge in [-0.25, -0.2) is 14.2 Å². The smallest absolute Gasteiger partial charge is 0.419 e. The zero-order valence-corrected chi connectivity index (χ0v) is 17.8. The van der Waals surface area contributed by atoms with Crippen molar-refractivity contribution in [2.75, 3.05) is 0 Å². The minimum Gasteiger partial charge on any atom is -0.419 e. The fourth-order valence-corrected chi connectivity index (χ4v) is 4.12. The lowest BCUT2D eigenvalue weighted by atomic mass is 10.3. The van der Waals surface area contributed by atoms with Gasteiger partial charge in [0, 0.05) is 12.2 Å². The van der Waals surface area contributed by atoms with Crippen LogP contribution >= 0.6 is 7.60 Å². The topological polar surface area (TPSA) is 88.1 Å². The molecule has 32 heavy (non-hydrogen) atoms. The summed E-state index contributed by atoms with van der Waals surface area (Å²) in [6.45, 7) is 6.72. The molecule has 0 N–H and O–H groups in total. The number of hydrogen-bond acceptors (Lipinski definition) is 7. The highest BCUT2D eigenvalue weighted by molar-refractivity contribution is 7.63. The number of rotatable bonds is 9. The Balaban J connectivity index is 2.03. The molecule has 3 aromatic carbocycles. The minimum absolute atomic E-state index is 0.00968. The molecule has 0 spiro atoms. The van der Waals surface area contributed by atoms with Gasteiger partial charge in [0.25, 0.3) is 0 Å². The lowest BCUT2D eigenvalue weighted by molar-refractivity contribution is -0.129. The average Bonchev–Trinajstić information content (AvgIpc) is 2.82. The summed E-state index contributed by atoms with van der Waals surface area (Å²) >= 11 is 0. The van der Waals surface area contributed by atoms with E-state index in [1.165, 1.54) is 24.3 Å². The Morgan fingerprint density at radius 3 is 1.41 bits per heavy atom. The predicted octanol–water partition coefficient (Wildman–Crippen LogP) is 4.85. The first-order valence-electron chi connectivity index (χ1n) is 9.36. The van der Waals surface area contributed by atoms with Gasteiger partial charge in [-0.2, -0.15) is 0 Å². The summed E-state index contributed by atoms with van der Waals surface area (Å²) in [5, 5.41) is 0.231. The van der Waals surface area contributed by atoms with Crippen molar-refractivity contribution in [1.29, 1.82) is 0 Å². The van der Waals surface area contributed by atoms with E-state index in [-0.39, 0.29) is 28.3 Å². The van der Waals surface area contributed by atoms with Gasteiger partial charge in [-0.1, -0.05) is 55.6 Å². The van der Waals surface area contributed by atoms with Crippen LogP contribution < -0.4 is 23.8 Å². The van der Waals surface area contributed by atoms with Crippen LogP contribution in [0.5, 0.6) is 23.0 Å². The van der Waals surface area contributed by atoms with Crippen LogP contribution in [0.15, 0.2) is 104 Å². The fourth-order valence-electron chi connectivity index (χ4n) is 2.51. The number of benzene rings is 3. The molecule has 0 bridgehead atoms. The van der Waals surface area contributed by atoms with Crippen LogP contribution in [0.25, 0.3) is 0 Å². The molecule has 3 aromatic rings. The van der Waals surface area contributed by atoms with Crippen LogP contribution in [0, 0.1) is 0 Å². The van der Waals surface area contributed by atoms with Gasteiger partial charge < -0.3 is 18.5 Å². The first kappa shape index (κ1) is 22.6. The van der Waals surface area contributed by atoms with E-state index in [0.29, 0.717) is 0 Å². The number of carbonyl (C=O) groups excluding carboxylic acids is 2. The largest absolute Gasteiger partial charge is 0.463 e. The van der Waals surface area contributed by atoms with E-state index in [0.717, 1.165) is 12.2 Å². The van der Waals surface area contributed by atoms with E-state index in [4.69, 9.17) is 18.5 Å². The van der Waals surface area contributed by atoms with Gasteiger partial charge in [0.05, 0.1) is 5.30 Å². The second kappa shape index (κ2) is 10.3. The first-order chi connectivity index (χ1) is 15.4. The zero-order valence-electron chi connectivity index (χ0n) is 16.9. The van der Waals surface area contributed by atoms with Gasteiger partial charge in [0.2, 0.25) is 0 Å². The molecule has 0 unspecified atom stereocenters. The molecule has 0 aliphatic heterocycles. The SMILES string of the molecule is C=CC(=O)Oc1ccccc1OP(=O)(Oc1ccccc1OC(=O)C=C)c1ccccc1. The highest BCUT2D eigenvalue weighted by Gasteiger charge is 2.33. The van der Waals surface area contributed by atoms with Crippen molar-refractivity contribution in [2.24, 2.45) is 0 Å². The van der Waals surface area contributed by atoms with Crippen LogP contribution in [0.4, 0.5) is 0 Å². The van der Waals surface area contributed by atoms with Gasteiger partial charge >= 0.3 is 19.5 Å². The number of esters is 2. The number of hydrogen-bond donors (Lipinski definition) is 0. The van der Waals surface area contributed by atoms with Gasteiger partial charge in [-0.3, -0.25) is 0 Å². The third-order valence-electron chi connectivity index (χ3n) is 3.96. The van der Waals surface area contributed by atoms with Crippen molar-refractivity contribution in [2.45, 2.75) is 0 Å². The molecule has 3 rings (SSSR count). The molecule has 0 amide bonds. The van der Waals surface area contributed by atoms with E-state index in [9.17, 15) is 14.2 Å². The van der Waals surface area contributed by atoms with E-state index in [1.54, 1.807) is 54.6 Å². The van der Waals surface area contributed by atoms with Crippen LogP contribution in [0.3, 0.4) is 0 Å². The maximum absolute atomic E-state index is 14.0. The highest BCUT2D eigenvalue weighted by atomic mass is 31.2. The molecule has 8 heteroatoms. The fraction of sp³-hybridized carbons (Fsp3) is 0. The molecular formula is C24H19O7P. The third kappa shape index (κ3) is 5.53. The summed E-state index contributed by atoms with van der Waals surface area (Å²) in [7, 11) is -4.11. The Hall–Kier alpha value is -4.09. The molecule has 0 aromatic heterocycles. The summed E-state index contributed by atoms with van der Waals surface area (Å²) in [6, 6.07) is 20.6. The Labute approximate surface area is 185 Å². The molecule has 0 aliphatic rings. The predicted molar refractivity (Wildman–Crippen MR) is 119 cm³/mol. The molecule has 0 heterocycles. The standard InChI is InChI=1S/C24H19O7P/c1-3-23(25)28-19-14-8-10-16-21(19)30-32(27,18-12-6-5-7-13-18)31-22-17-11-9-15-20(22)29-24(26)4-2/h3-17H,1-2H2. The second-order valence-electron chi connectivity index (χ2n) is 6.16. The minimum atomic E-state index is -4.11. The van der Waals surface area contributed by atoms with Gasteiger partial charge in [0.1, 0.15) is 0 Å². The quantitative estimate of drug-likeness (QED) is 0.199. The van der Waals surface area contributed by atoms with E-state index < -0.39 is 19.5 Å². The summed E-state index contributed by atoms with van der Waals surface area (Å²) in [6.07, 6.45) is 1.99. The monoisotopic (exact) mass is 450 g/mol. The molecule has 7 nitrogen and oxygen atoms in total. The van der Waals surface area contributed by atoms with Crippen molar-refractivity contribution in [3.63, 3.8) is 0 Å². The lowest BCUT2D eigenvalue weighted by Crippen LogP contribution is -2.16. The Morgan fingerprint density at radius 2 is 1.00 bits per heavy atom. The molecule has 162 valence electrons. The summed E-state index contributed by atoms with van der Waals surface area (Å²) in [4.78, 5) is 23.4. The number of carbonyl (C=O) groups is 2. The molecule has 0 fully saturated rings. The molecule has 0 radical (unpaired) electrons. The first-order valence-corrected chi connectivity index (χ1v) is 10.9. The second-order valence-corrected chi connectivity index (χ2v) is 8.04. The highest BCUT2D eigenvalue weighted by Crippen LogP contribution is 2.51. The van der Waals surface area contributed by atoms with Crippen LogP contribution in [-0.4, -0.2) is 11.9 Å². The van der Waals surface area contributed by atoms with Gasteiger partial charge in [0.15, 0.2) is 23.0 Å². The molecule has 0 saturated heterocycles. The average molecular weight is 450 g/mol. The molecule has 0 saturated carbocycles. The Bertz CT molecular complexity index is 1120. The lowest BCUT2D eigenvalue weighted by Gasteiger charge is -2.22. The molecular weight excluding hydrogens is 431 g/mol. The van der Waals surface area contributed by atoms with E-state index in [1.807, 2.05) is 0 Å². The van der Waals surface area contributed by atoms with Crippen LogP contribution in [0.2, 0.25) is 0 Å². The van der Waals surface area contributed by atoms with E-state index >= 15 is 0 Å². The number of para-hydroxylation sites is 4. The number of ether oxygens (including phenoxy) is 2. The third-order valence-corrected chi connectivity index (χ3v) is 5.77. The summed E-state index contributed by atoms with van der Waals surface area (Å²) in [5.74, 6) is -1.34. The molecule has 0 aliphatic carbocycles. The van der Waals surface area contributed by atoms with Crippen molar-refractivity contribution < 1.29 is 32.7 Å². The van der Waals surface area contributed by atoms with E-state index in [2.05, 4.69) is 13.2 Å². The van der Waals surface area contributed by atoms with Gasteiger partial charge in [-0.05, 0) is 36.4 Å². The zero-order chi connectivity index (χ0) is 23.0. The van der Waals surface area contributed by atoms with Gasteiger partial charge in [-0.15, -0.1) is 0 Å². The summed E-state index contributed by atoms with van der Waals surface area (Å²) < 4.78 is 36.0. The normalized spacial score (nSPS) is 10.5. The van der Waals surface area contributed by atoms with Crippen molar-refractivity contribution in [3.8, 4) is 23.0 Å². The van der Waals surface area contributed by atoms with Crippen LogP contribution in [0.1, 0.15) is 0 Å². The Kier molecular flexibility index (Phi) is 7.26. The Morgan fingerprint density at radius 1 is 0.625 bits per heavy atom. The van der Waals surface area contributed by atoms with Crippen molar-refractivity contribution in [3.05, 3.63) is 104 Å².